The highest BCUT2D eigenvalue weighted by molar-refractivity contribution is 5.11. The van der Waals surface area contributed by atoms with Gasteiger partial charge in [-0.05, 0) is 38.5 Å². The van der Waals surface area contributed by atoms with Crippen molar-refractivity contribution in [3.8, 4) is 11.5 Å². The van der Waals surface area contributed by atoms with Crippen LogP contribution in [0.5, 0.6) is 11.5 Å². The summed E-state index contributed by atoms with van der Waals surface area (Å²) in [6, 6.07) is 0. The van der Waals surface area contributed by atoms with E-state index in [9.17, 15) is 0 Å². The second-order valence-corrected chi connectivity index (χ2v) is 6.18. The zero-order valence-corrected chi connectivity index (χ0v) is 14.6. The van der Waals surface area contributed by atoms with Crippen molar-refractivity contribution in [1.82, 2.24) is 19.6 Å². The molecule has 0 bridgehead atoms. The lowest BCUT2D eigenvalue weighted by Crippen LogP contribution is -2.18. The van der Waals surface area contributed by atoms with Crippen molar-refractivity contribution in [2.45, 2.75) is 51.0 Å². The van der Waals surface area contributed by atoms with Gasteiger partial charge in [-0.3, -0.25) is 0 Å². The van der Waals surface area contributed by atoms with Gasteiger partial charge in [-0.15, -0.1) is 0 Å². The van der Waals surface area contributed by atoms with E-state index in [0.717, 1.165) is 44.6 Å². The summed E-state index contributed by atoms with van der Waals surface area (Å²) >= 11 is 0. The highest BCUT2D eigenvalue weighted by atomic mass is 16.5. The molecule has 8 nitrogen and oxygen atoms in total. The Morgan fingerprint density at radius 1 is 0.960 bits per heavy atom. The minimum atomic E-state index is 0.0275. The van der Waals surface area contributed by atoms with Crippen molar-refractivity contribution in [2.24, 2.45) is 0 Å². The van der Waals surface area contributed by atoms with E-state index in [1.54, 1.807) is 24.2 Å². The summed E-state index contributed by atoms with van der Waals surface area (Å²) in [6.07, 6.45) is 13.4. The van der Waals surface area contributed by atoms with E-state index < -0.39 is 0 Å². The SMILES string of the molecule is COc1cnn(C2CCCCO2)c1.Oc1cnn(C2CCCCO2)c1. The lowest BCUT2D eigenvalue weighted by atomic mass is 10.2. The van der Waals surface area contributed by atoms with Gasteiger partial charge in [0.15, 0.2) is 11.5 Å². The van der Waals surface area contributed by atoms with Gasteiger partial charge >= 0.3 is 0 Å². The Hall–Kier alpha value is -2.06. The number of nitrogens with zero attached hydrogens (tertiary/aromatic N) is 4. The fourth-order valence-electron chi connectivity index (χ4n) is 2.93. The molecule has 2 aromatic rings. The topological polar surface area (TPSA) is 83.6 Å². The normalized spacial score (nSPS) is 23.6. The van der Waals surface area contributed by atoms with E-state index in [0.29, 0.717) is 0 Å². The van der Waals surface area contributed by atoms with Gasteiger partial charge in [-0.1, -0.05) is 0 Å². The number of aromatic nitrogens is 4. The number of rotatable bonds is 3. The maximum atomic E-state index is 9.04. The van der Waals surface area contributed by atoms with Crippen LogP contribution in [0.3, 0.4) is 0 Å². The first-order chi connectivity index (χ1) is 12.3. The van der Waals surface area contributed by atoms with E-state index >= 15 is 0 Å². The smallest absolute Gasteiger partial charge is 0.156 e. The van der Waals surface area contributed by atoms with Gasteiger partial charge in [0.25, 0.3) is 0 Å². The fraction of sp³-hybridized carbons (Fsp3) is 0.647. The van der Waals surface area contributed by atoms with Crippen molar-refractivity contribution < 1.29 is 19.3 Å². The largest absolute Gasteiger partial charge is 0.505 e. The van der Waals surface area contributed by atoms with Gasteiger partial charge in [-0.2, -0.15) is 10.2 Å². The second kappa shape index (κ2) is 8.87. The molecule has 2 fully saturated rings. The van der Waals surface area contributed by atoms with Gasteiger partial charge in [0.2, 0.25) is 0 Å². The van der Waals surface area contributed by atoms with Gasteiger partial charge in [0.05, 0.1) is 31.9 Å². The first-order valence-corrected chi connectivity index (χ1v) is 8.81. The van der Waals surface area contributed by atoms with Crippen LogP contribution in [-0.2, 0) is 9.47 Å². The zero-order valence-electron chi connectivity index (χ0n) is 14.6. The van der Waals surface area contributed by atoms with E-state index in [1.807, 2.05) is 10.9 Å². The van der Waals surface area contributed by atoms with Gasteiger partial charge in [0, 0.05) is 13.2 Å². The van der Waals surface area contributed by atoms with Crippen molar-refractivity contribution in [3.63, 3.8) is 0 Å². The number of hydrogen-bond donors (Lipinski definition) is 1. The molecule has 0 aliphatic carbocycles. The molecule has 0 radical (unpaired) electrons. The summed E-state index contributed by atoms with van der Waals surface area (Å²) in [5.74, 6) is 0.985. The summed E-state index contributed by atoms with van der Waals surface area (Å²) in [4.78, 5) is 0. The molecule has 0 aromatic carbocycles. The predicted molar refractivity (Wildman–Crippen MR) is 90.4 cm³/mol. The molecule has 138 valence electrons. The maximum absolute atomic E-state index is 9.04. The van der Waals surface area contributed by atoms with Gasteiger partial charge in [0.1, 0.15) is 12.5 Å². The summed E-state index contributed by atoms with van der Waals surface area (Å²) in [5, 5.41) is 17.2. The number of ether oxygens (including phenoxy) is 3. The van der Waals surface area contributed by atoms with Crippen LogP contribution in [0.25, 0.3) is 0 Å². The highest BCUT2D eigenvalue weighted by Crippen LogP contribution is 2.23. The highest BCUT2D eigenvalue weighted by Gasteiger charge is 2.17. The standard InChI is InChI=1S/C9H14N2O2.C8H12N2O2/c1-12-8-6-10-11(7-8)9-4-2-3-5-13-9;11-7-5-9-10(6-7)8-3-1-2-4-12-8/h6-7,9H,2-5H2,1H3;5-6,8,11H,1-4H2. The monoisotopic (exact) mass is 350 g/mol. The van der Waals surface area contributed by atoms with E-state index in [2.05, 4.69) is 10.2 Å². The molecule has 8 heteroatoms. The molecule has 2 aromatic heterocycles. The molecule has 4 heterocycles. The molecule has 1 N–H and O–H groups in total. The van der Waals surface area contributed by atoms with Crippen LogP contribution in [0.4, 0.5) is 0 Å². The predicted octanol–water partition coefficient (Wildman–Crippen LogP) is 2.88. The Balaban J connectivity index is 0.000000146. The van der Waals surface area contributed by atoms with Crippen molar-refractivity contribution in [3.05, 3.63) is 24.8 Å². The van der Waals surface area contributed by atoms with E-state index in [1.165, 1.54) is 19.0 Å². The van der Waals surface area contributed by atoms with Crippen molar-refractivity contribution in [1.29, 1.82) is 0 Å². The Bertz CT molecular complexity index is 630. The van der Waals surface area contributed by atoms with Crippen LogP contribution in [0.2, 0.25) is 0 Å². The van der Waals surface area contributed by atoms with E-state index in [-0.39, 0.29) is 18.2 Å². The quantitative estimate of drug-likeness (QED) is 0.916. The molecule has 2 aliphatic heterocycles. The molecular formula is C17H26N4O4. The van der Waals surface area contributed by atoms with Crippen LogP contribution in [0.15, 0.2) is 24.8 Å². The van der Waals surface area contributed by atoms with E-state index in [4.69, 9.17) is 19.3 Å². The Kier molecular flexibility index (Phi) is 6.30. The fourth-order valence-corrected chi connectivity index (χ4v) is 2.93. The second-order valence-electron chi connectivity index (χ2n) is 6.18. The van der Waals surface area contributed by atoms with Crippen molar-refractivity contribution >= 4 is 0 Å². The average molecular weight is 350 g/mol. The summed E-state index contributed by atoms with van der Waals surface area (Å²) < 4.78 is 19.6. The van der Waals surface area contributed by atoms with Crippen LogP contribution < -0.4 is 4.74 Å². The van der Waals surface area contributed by atoms with Crippen molar-refractivity contribution in [2.75, 3.05) is 20.3 Å². The summed E-state index contributed by atoms with van der Waals surface area (Å²) in [6.45, 7) is 1.64. The Morgan fingerprint density at radius 2 is 1.56 bits per heavy atom. The molecule has 2 atom stereocenters. The number of hydrogen-bond acceptors (Lipinski definition) is 6. The minimum Gasteiger partial charge on any atom is -0.505 e. The third-order valence-corrected chi connectivity index (χ3v) is 4.30. The molecular weight excluding hydrogens is 324 g/mol. The molecule has 2 saturated heterocycles. The molecule has 0 amide bonds. The summed E-state index contributed by atoms with van der Waals surface area (Å²) in [5.41, 5.74) is 0. The van der Waals surface area contributed by atoms with Gasteiger partial charge < -0.3 is 19.3 Å². The van der Waals surface area contributed by atoms with Gasteiger partial charge in [-0.25, -0.2) is 9.36 Å². The molecule has 25 heavy (non-hydrogen) atoms. The lowest BCUT2D eigenvalue weighted by molar-refractivity contribution is -0.0396. The van der Waals surface area contributed by atoms with Crippen LogP contribution >= 0.6 is 0 Å². The summed E-state index contributed by atoms with van der Waals surface area (Å²) in [7, 11) is 1.64. The average Bonchev–Trinajstić information content (AvgIpc) is 3.33. The maximum Gasteiger partial charge on any atom is 0.156 e. The lowest BCUT2D eigenvalue weighted by Gasteiger charge is -2.22. The van der Waals surface area contributed by atoms with Crippen LogP contribution in [0, 0.1) is 0 Å². The Labute approximate surface area is 147 Å². The van der Waals surface area contributed by atoms with Crippen LogP contribution in [0.1, 0.15) is 51.0 Å². The first-order valence-electron chi connectivity index (χ1n) is 8.81. The molecule has 0 spiro atoms. The minimum absolute atomic E-state index is 0.0275. The molecule has 2 unspecified atom stereocenters. The zero-order chi connectivity index (χ0) is 17.5. The third kappa shape index (κ3) is 4.96. The number of aromatic hydroxyl groups is 1. The molecule has 4 rings (SSSR count). The number of methoxy groups -OCH3 is 1. The van der Waals surface area contributed by atoms with Crippen LogP contribution in [-0.4, -0.2) is 45.0 Å². The first kappa shape index (κ1) is 17.8. The molecule has 2 aliphatic rings. The third-order valence-electron chi connectivity index (χ3n) is 4.30. The Morgan fingerprint density at radius 3 is 2.00 bits per heavy atom. The molecule has 0 saturated carbocycles.